The van der Waals surface area contributed by atoms with Crippen molar-refractivity contribution in [3.8, 4) is 0 Å². The zero-order chi connectivity index (χ0) is 27.5. The molecule has 2 saturated heterocycles. The van der Waals surface area contributed by atoms with Crippen molar-refractivity contribution in [3.05, 3.63) is 28.3 Å². The fourth-order valence-corrected chi connectivity index (χ4v) is 5.28. The Hall–Kier alpha value is -2.04. The van der Waals surface area contributed by atoms with Crippen LogP contribution in [0.15, 0.2) is 12.1 Å². The van der Waals surface area contributed by atoms with Gasteiger partial charge in [0.1, 0.15) is 5.60 Å². The molecular formula is C26H38ClF3N4O3. The van der Waals surface area contributed by atoms with Gasteiger partial charge in [0, 0.05) is 45.3 Å². The van der Waals surface area contributed by atoms with Crippen LogP contribution < -0.4 is 5.73 Å². The summed E-state index contributed by atoms with van der Waals surface area (Å²) in [5, 5.41) is -0.235. The number of likely N-dealkylation sites (tertiary alicyclic amines) is 1. The van der Waals surface area contributed by atoms with Gasteiger partial charge in [-0.1, -0.05) is 11.6 Å². The summed E-state index contributed by atoms with van der Waals surface area (Å²) in [4.78, 5) is 32.7. The maximum atomic E-state index is 13.6. The molecule has 3 rings (SSSR count). The van der Waals surface area contributed by atoms with E-state index in [1.54, 1.807) is 25.7 Å². The van der Waals surface area contributed by atoms with Crippen molar-refractivity contribution in [3.63, 3.8) is 0 Å². The molecule has 2 N–H and O–H groups in total. The molecule has 0 aliphatic carbocycles. The molecule has 37 heavy (non-hydrogen) atoms. The summed E-state index contributed by atoms with van der Waals surface area (Å²) in [6, 6.07) is 2.64. The van der Waals surface area contributed by atoms with E-state index in [-0.39, 0.29) is 29.3 Å². The normalized spacial score (nSPS) is 19.6. The second-order valence-electron chi connectivity index (χ2n) is 11.1. The fraction of sp³-hybridized carbons (Fsp3) is 0.692. The van der Waals surface area contributed by atoms with Gasteiger partial charge >= 0.3 is 12.1 Å². The number of halogens is 4. The number of likely N-dealkylation sites (N-methyl/N-ethyl adjacent to an activating group) is 1. The highest BCUT2D eigenvalue weighted by Crippen LogP contribution is 2.38. The van der Waals surface area contributed by atoms with Crippen LogP contribution in [-0.2, 0) is 26.9 Å². The fourth-order valence-electron chi connectivity index (χ4n) is 5.04. The predicted octanol–water partition coefficient (Wildman–Crippen LogP) is 4.07. The number of piperazine rings is 1. The van der Waals surface area contributed by atoms with Crippen molar-refractivity contribution < 1.29 is 27.5 Å². The van der Waals surface area contributed by atoms with Crippen molar-refractivity contribution in [1.29, 1.82) is 0 Å². The van der Waals surface area contributed by atoms with Crippen LogP contribution in [0.2, 0.25) is 5.02 Å². The van der Waals surface area contributed by atoms with E-state index in [0.717, 1.165) is 45.1 Å². The number of carbonyl (C=O) groups excluding carboxylic acids is 2. The quantitative estimate of drug-likeness (QED) is 0.428. The minimum atomic E-state index is -4.69. The van der Waals surface area contributed by atoms with E-state index in [2.05, 4.69) is 16.8 Å². The van der Waals surface area contributed by atoms with E-state index in [9.17, 15) is 22.8 Å². The van der Waals surface area contributed by atoms with Crippen LogP contribution in [0.5, 0.6) is 0 Å². The number of nitrogen functional groups attached to an aromatic ring is 1. The first-order valence-electron chi connectivity index (χ1n) is 12.7. The van der Waals surface area contributed by atoms with Crippen molar-refractivity contribution >= 4 is 29.2 Å². The molecule has 0 spiro atoms. The van der Waals surface area contributed by atoms with Gasteiger partial charge in [-0.25, -0.2) is 0 Å². The van der Waals surface area contributed by atoms with E-state index in [1.807, 2.05) is 0 Å². The third-order valence-electron chi connectivity index (χ3n) is 6.99. The first kappa shape index (κ1) is 29.5. The highest BCUT2D eigenvalue weighted by atomic mass is 35.5. The smallest absolute Gasteiger partial charge is 0.418 e. The summed E-state index contributed by atoms with van der Waals surface area (Å²) in [7, 11) is 2.11. The number of hydrogen-bond acceptors (Lipinski definition) is 6. The molecule has 2 aliphatic heterocycles. The second-order valence-corrected chi connectivity index (χ2v) is 11.5. The number of alkyl halides is 3. The maximum Gasteiger partial charge on any atom is 0.418 e. The minimum absolute atomic E-state index is 0.0838. The number of amides is 1. The molecule has 11 heteroatoms. The van der Waals surface area contributed by atoms with Gasteiger partial charge in [-0.2, -0.15) is 13.2 Å². The van der Waals surface area contributed by atoms with Crippen LogP contribution in [0.4, 0.5) is 18.9 Å². The van der Waals surface area contributed by atoms with Gasteiger partial charge in [0.05, 0.1) is 28.6 Å². The average Bonchev–Trinajstić information content (AvgIpc) is 2.79. The summed E-state index contributed by atoms with van der Waals surface area (Å²) in [6.07, 6.45) is -3.38. The van der Waals surface area contributed by atoms with E-state index in [1.165, 1.54) is 6.07 Å². The third kappa shape index (κ3) is 8.22. The largest absolute Gasteiger partial charge is 0.460 e. The number of hydrogen-bond donors (Lipinski definition) is 1. The summed E-state index contributed by atoms with van der Waals surface area (Å²) >= 11 is 6.01. The van der Waals surface area contributed by atoms with Crippen molar-refractivity contribution in [1.82, 2.24) is 14.7 Å². The number of ether oxygens (including phenoxy) is 1. The van der Waals surface area contributed by atoms with Crippen molar-refractivity contribution in [2.24, 2.45) is 5.92 Å². The first-order chi connectivity index (χ1) is 17.1. The molecule has 2 aliphatic rings. The summed E-state index contributed by atoms with van der Waals surface area (Å²) < 4.78 is 45.9. The van der Waals surface area contributed by atoms with Gasteiger partial charge in [0.15, 0.2) is 0 Å². The number of esters is 1. The molecule has 1 aromatic rings. The van der Waals surface area contributed by atoms with Gasteiger partial charge < -0.3 is 20.3 Å². The molecule has 208 valence electrons. The molecular weight excluding hydrogens is 509 g/mol. The summed E-state index contributed by atoms with van der Waals surface area (Å²) in [6.45, 7) is 10.3. The Morgan fingerprint density at radius 1 is 1.08 bits per heavy atom. The highest BCUT2D eigenvalue weighted by Gasteiger charge is 2.36. The molecule has 1 amide bonds. The Bertz CT molecular complexity index is 967. The van der Waals surface area contributed by atoms with E-state index >= 15 is 0 Å². The monoisotopic (exact) mass is 546 g/mol. The lowest BCUT2D eigenvalue weighted by atomic mass is 9.92. The summed E-state index contributed by atoms with van der Waals surface area (Å²) in [5.74, 6) is -1.71. The molecule has 0 unspecified atom stereocenters. The average molecular weight is 547 g/mol. The highest BCUT2D eigenvalue weighted by molar-refractivity contribution is 6.33. The Balaban J connectivity index is 1.75. The molecule has 0 radical (unpaired) electrons. The van der Waals surface area contributed by atoms with E-state index < -0.39 is 34.9 Å². The van der Waals surface area contributed by atoms with Crippen LogP contribution >= 0.6 is 11.6 Å². The number of rotatable bonds is 6. The number of anilines is 1. The molecule has 2 fully saturated rings. The maximum absolute atomic E-state index is 13.6. The number of carbonyl (C=O) groups is 2. The van der Waals surface area contributed by atoms with Crippen LogP contribution in [0, 0.1) is 5.92 Å². The van der Waals surface area contributed by atoms with Gasteiger partial charge in [0.25, 0.3) is 0 Å². The standard InChI is InChI=1S/C26H38ClF3N4O3/c1-25(2,3)37-22(35)16-18(13-17-14-20(26(28,29)30)23(31)21(27)15-17)24(36)34-7-5-19(6-8-34)33-11-9-32(4)10-12-33/h14-15,18-19H,5-13,16,31H2,1-4H3/t18-/m0/s1. The van der Waals surface area contributed by atoms with E-state index in [4.69, 9.17) is 22.1 Å². The lowest BCUT2D eigenvalue weighted by Crippen LogP contribution is -2.53. The van der Waals surface area contributed by atoms with Gasteiger partial charge in [-0.15, -0.1) is 0 Å². The molecule has 2 heterocycles. The molecule has 0 bridgehead atoms. The Morgan fingerprint density at radius 3 is 2.22 bits per heavy atom. The van der Waals surface area contributed by atoms with E-state index in [0.29, 0.717) is 19.1 Å². The topological polar surface area (TPSA) is 79.1 Å². The summed E-state index contributed by atoms with van der Waals surface area (Å²) in [5.41, 5.74) is 3.41. The van der Waals surface area contributed by atoms with Crippen molar-refractivity contribution in [2.45, 2.75) is 64.3 Å². The zero-order valence-electron chi connectivity index (χ0n) is 22.0. The van der Waals surface area contributed by atoms with Crippen LogP contribution in [0.1, 0.15) is 51.2 Å². The van der Waals surface area contributed by atoms with Gasteiger partial charge in [0.2, 0.25) is 5.91 Å². The molecule has 1 aromatic carbocycles. The number of nitrogens with two attached hydrogens (primary N) is 1. The van der Waals surface area contributed by atoms with Crippen LogP contribution in [0.3, 0.4) is 0 Å². The van der Waals surface area contributed by atoms with Gasteiger partial charge in [-0.05, 0) is 64.8 Å². The van der Waals surface area contributed by atoms with Gasteiger partial charge in [-0.3, -0.25) is 14.5 Å². The first-order valence-corrected chi connectivity index (χ1v) is 13.1. The number of piperidine rings is 1. The predicted molar refractivity (Wildman–Crippen MR) is 137 cm³/mol. The second kappa shape index (κ2) is 11.8. The minimum Gasteiger partial charge on any atom is -0.460 e. The number of nitrogens with zero attached hydrogens (tertiary/aromatic N) is 3. The number of benzene rings is 1. The zero-order valence-corrected chi connectivity index (χ0v) is 22.8. The van der Waals surface area contributed by atoms with Crippen LogP contribution in [0.25, 0.3) is 0 Å². The molecule has 0 saturated carbocycles. The SMILES string of the molecule is CN1CCN(C2CCN(C(=O)[C@H](CC(=O)OC(C)(C)C)Cc3cc(Cl)c(N)c(C(F)(F)F)c3)CC2)CC1. The third-order valence-corrected chi connectivity index (χ3v) is 7.30. The lowest BCUT2D eigenvalue weighted by Gasteiger charge is -2.42. The Morgan fingerprint density at radius 2 is 1.68 bits per heavy atom. The molecule has 1 atom stereocenters. The Labute approximate surface area is 222 Å². The lowest BCUT2D eigenvalue weighted by molar-refractivity contribution is -0.158. The molecule has 7 nitrogen and oxygen atoms in total. The Kier molecular flexibility index (Phi) is 9.40. The molecule has 0 aromatic heterocycles. The van der Waals surface area contributed by atoms with Crippen LogP contribution in [-0.4, -0.2) is 84.5 Å². The van der Waals surface area contributed by atoms with Crippen molar-refractivity contribution in [2.75, 3.05) is 52.0 Å².